The minimum Gasteiger partial charge on any atom is -0.355 e. The van der Waals surface area contributed by atoms with Gasteiger partial charge in [0.05, 0.1) is 4.90 Å². The van der Waals surface area contributed by atoms with Crippen LogP contribution >= 0.6 is 0 Å². The maximum Gasteiger partial charge on any atom is 0.251 e. The first kappa shape index (κ1) is 10.7. The van der Waals surface area contributed by atoms with Crippen LogP contribution < -0.4 is 10.5 Å². The molecule has 0 spiro atoms. The van der Waals surface area contributed by atoms with Crippen molar-refractivity contribution < 1.29 is 13.2 Å². The number of hydrogen-bond acceptors (Lipinski definition) is 3. The Hall–Kier alpha value is -1.40. The highest BCUT2D eigenvalue weighted by molar-refractivity contribution is 7.89. The molecule has 1 aromatic carbocycles. The molecule has 14 heavy (non-hydrogen) atoms. The molecular formula is C8H10N2O3S. The number of amides is 1. The Morgan fingerprint density at radius 3 is 2.57 bits per heavy atom. The lowest BCUT2D eigenvalue weighted by atomic mass is 10.2. The summed E-state index contributed by atoms with van der Waals surface area (Å²) in [5.74, 6) is -0.351. The molecule has 0 saturated carbocycles. The molecule has 5 nitrogen and oxygen atoms in total. The lowest BCUT2D eigenvalue weighted by Crippen LogP contribution is -2.19. The summed E-state index contributed by atoms with van der Waals surface area (Å²) in [5, 5.41) is 7.29. The van der Waals surface area contributed by atoms with Crippen LogP contribution in [0, 0.1) is 0 Å². The predicted octanol–water partition coefficient (Wildman–Crippen LogP) is -0.306. The highest BCUT2D eigenvalue weighted by Crippen LogP contribution is 2.09. The predicted molar refractivity (Wildman–Crippen MR) is 51.2 cm³/mol. The van der Waals surface area contributed by atoms with E-state index >= 15 is 0 Å². The van der Waals surface area contributed by atoms with Gasteiger partial charge in [0.25, 0.3) is 5.91 Å². The van der Waals surface area contributed by atoms with E-state index in [0.717, 1.165) is 0 Å². The molecule has 0 heterocycles. The van der Waals surface area contributed by atoms with Crippen LogP contribution in [-0.2, 0) is 10.0 Å². The number of nitrogens with one attached hydrogen (secondary N) is 1. The Balaban J connectivity index is 3.21. The highest BCUT2D eigenvalue weighted by Gasteiger charge is 2.10. The summed E-state index contributed by atoms with van der Waals surface area (Å²) in [6, 6.07) is 5.54. The van der Waals surface area contributed by atoms with E-state index in [2.05, 4.69) is 5.32 Å². The number of rotatable bonds is 2. The van der Waals surface area contributed by atoms with Gasteiger partial charge < -0.3 is 5.32 Å². The van der Waals surface area contributed by atoms with E-state index < -0.39 is 10.0 Å². The molecule has 1 rings (SSSR count). The largest absolute Gasteiger partial charge is 0.355 e. The third kappa shape index (κ3) is 2.30. The molecule has 3 N–H and O–H groups in total. The summed E-state index contributed by atoms with van der Waals surface area (Å²) in [6.07, 6.45) is 0. The van der Waals surface area contributed by atoms with Crippen molar-refractivity contribution in [3.05, 3.63) is 29.8 Å². The molecule has 0 saturated heterocycles. The Labute approximate surface area is 82.0 Å². The number of carbonyl (C=O) groups excluding carboxylic acids is 1. The molecule has 1 amide bonds. The van der Waals surface area contributed by atoms with Crippen LogP contribution in [0.4, 0.5) is 0 Å². The van der Waals surface area contributed by atoms with Gasteiger partial charge in [0.2, 0.25) is 10.0 Å². The highest BCUT2D eigenvalue weighted by atomic mass is 32.2. The smallest absolute Gasteiger partial charge is 0.251 e. The number of primary sulfonamides is 1. The van der Waals surface area contributed by atoms with Crippen molar-refractivity contribution in [3.8, 4) is 0 Å². The summed E-state index contributed by atoms with van der Waals surface area (Å²) < 4.78 is 21.9. The van der Waals surface area contributed by atoms with E-state index in [0.29, 0.717) is 0 Å². The van der Waals surface area contributed by atoms with Gasteiger partial charge in [-0.2, -0.15) is 0 Å². The number of sulfonamides is 1. The summed E-state index contributed by atoms with van der Waals surface area (Å²) in [4.78, 5) is 11.1. The van der Waals surface area contributed by atoms with Crippen molar-refractivity contribution in [1.82, 2.24) is 5.32 Å². The number of nitrogens with two attached hydrogens (primary N) is 1. The van der Waals surface area contributed by atoms with Crippen LogP contribution in [-0.4, -0.2) is 21.4 Å². The van der Waals surface area contributed by atoms with E-state index in [1.165, 1.54) is 31.3 Å². The Morgan fingerprint density at radius 1 is 1.43 bits per heavy atom. The monoisotopic (exact) mass is 214 g/mol. The first-order valence-electron chi connectivity index (χ1n) is 3.80. The fourth-order valence-electron chi connectivity index (χ4n) is 0.959. The molecule has 0 aliphatic carbocycles. The molecule has 1 aromatic rings. The number of benzene rings is 1. The molecule has 0 aliphatic heterocycles. The van der Waals surface area contributed by atoms with E-state index in [9.17, 15) is 13.2 Å². The average molecular weight is 214 g/mol. The summed E-state index contributed by atoms with van der Waals surface area (Å²) >= 11 is 0. The second-order valence-corrected chi connectivity index (χ2v) is 4.21. The third-order valence-corrected chi connectivity index (χ3v) is 2.56. The zero-order valence-electron chi connectivity index (χ0n) is 7.52. The fourth-order valence-corrected chi connectivity index (χ4v) is 1.52. The standard InChI is InChI=1S/C8H10N2O3S/c1-10-8(11)6-3-2-4-7(5-6)14(9,12)13/h2-5H,1H3,(H,10,11)(H2,9,12,13). The van der Waals surface area contributed by atoms with Crippen LogP contribution in [0.15, 0.2) is 29.2 Å². The third-order valence-electron chi connectivity index (χ3n) is 1.65. The van der Waals surface area contributed by atoms with Crippen LogP contribution in [0.3, 0.4) is 0 Å². The van der Waals surface area contributed by atoms with Gasteiger partial charge in [-0.05, 0) is 18.2 Å². The van der Waals surface area contributed by atoms with Crippen molar-refractivity contribution >= 4 is 15.9 Å². The first-order chi connectivity index (χ1) is 6.45. The van der Waals surface area contributed by atoms with Gasteiger partial charge in [-0.25, -0.2) is 13.6 Å². The Morgan fingerprint density at radius 2 is 2.07 bits per heavy atom. The quantitative estimate of drug-likeness (QED) is 0.707. The molecule has 0 radical (unpaired) electrons. The SMILES string of the molecule is CNC(=O)c1cccc(S(N)(=O)=O)c1. The minimum atomic E-state index is -3.75. The van der Waals surface area contributed by atoms with Gasteiger partial charge in [-0.15, -0.1) is 0 Å². The first-order valence-corrected chi connectivity index (χ1v) is 5.34. The second kappa shape index (κ2) is 3.77. The Kier molecular flexibility index (Phi) is 2.87. The summed E-state index contributed by atoms with van der Waals surface area (Å²) in [6.45, 7) is 0. The second-order valence-electron chi connectivity index (χ2n) is 2.65. The Bertz CT molecular complexity index is 453. The zero-order chi connectivity index (χ0) is 10.8. The lowest BCUT2D eigenvalue weighted by molar-refractivity contribution is 0.0963. The zero-order valence-corrected chi connectivity index (χ0v) is 8.34. The number of hydrogen-bond donors (Lipinski definition) is 2. The molecule has 0 atom stereocenters. The average Bonchev–Trinajstić information content (AvgIpc) is 2.15. The van der Waals surface area contributed by atoms with Gasteiger partial charge in [0.15, 0.2) is 0 Å². The van der Waals surface area contributed by atoms with E-state index in [-0.39, 0.29) is 16.4 Å². The van der Waals surface area contributed by atoms with Crippen LogP contribution in [0.25, 0.3) is 0 Å². The molecule has 76 valence electrons. The van der Waals surface area contributed by atoms with Crippen molar-refractivity contribution in [2.45, 2.75) is 4.90 Å². The van der Waals surface area contributed by atoms with Gasteiger partial charge in [0.1, 0.15) is 0 Å². The molecular weight excluding hydrogens is 204 g/mol. The molecule has 0 aliphatic rings. The topological polar surface area (TPSA) is 89.3 Å². The van der Waals surface area contributed by atoms with Crippen LogP contribution in [0.2, 0.25) is 0 Å². The number of carbonyl (C=O) groups is 1. The van der Waals surface area contributed by atoms with Crippen molar-refractivity contribution in [1.29, 1.82) is 0 Å². The van der Waals surface area contributed by atoms with Crippen LogP contribution in [0.5, 0.6) is 0 Å². The van der Waals surface area contributed by atoms with Gasteiger partial charge in [-0.1, -0.05) is 6.07 Å². The van der Waals surface area contributed by atoms with Gasteiger partial charge in [0, 0.05) is 12.6 Å². The normalized spacial score (nSPS) is 11.0. The van der Waals surface area contributed by atoms with E-state index in [4.69, 9.17) is 5.14 Å². The van der Waals surface area contributed by atoms with Crippen molar-refractivity contribution in [2.24, 2.45) is 5.14 Å². The molecule has 0 bridgehead atoms. The molecule has 0 aromatic heterocycles. The van der Waals surface area contributed by atoms with E-state index in [1.807, 2.05) is 0 Å². The fraction of sp³-hybridized carbons (Fsp3) is 0.125. The van der Waals surface area contributed by atoms with Gasteiger partial charge in [-0.3, -0.25) is 4.79 Å². The van der Waals surface area contributed by atoms with Crippen LogP contribution in [0.1, 0.15) is 10.4 Å². The van der Waals surface area contributed by atoms with Crippen molar-refractivity contribution in [3.63, 3.8) is 0 Å². The minimum absolute atomic E-state index is 0.0707. The maximum absolute atomic E-state index is 11.1. The molecule has 0 unspecified atom stereocenters. The van der Waals surface area contributed by atoms with Gasteiger partial charge >= 0.3 is 0 Å². The maximum atomic E-state index is 11.1. The summed E-state index contributed by atoms with van der Waals surface area (Å²) in [7, 11) is -2.28. The summed E-state index contributed by atoms with van der Waals surface area (Å²) in [5.41, 5.74) is 0.263. The van der Waals surface area contributed by atoms with E-state index in [1.54, 1.807) is 0 Å². The lowest BCUT2D eigenvalue weighted by Gasteiger charge is -2.01. The molecule has 0 fully saturated rings. The molecule has 6 heteroatoms. The van der Waals surface area contributed by atoms with Crippen molar-refractivity contribution in [2.75, 3.05) is 7.05 Å².